The number of hydrogen-bond donors (Lipinski definition) is 4. The number of aliphatic hydroxyl groups excluding tert-OH is 2. The third-order valence-electron chi connectivity index (χ3n) is 3.92. The molecule has 1 fully saturated rings. The van der Waals surface area contributed by atoms with E-state index in [2.05, 4.69) is 0 Å². The zero-order chi connectivity index (χ0) is 18.4. The summed E-state index contributed by atoms with van der Waals surface area (Å²) in [6.45, 7) is 1.76. The third-order valence-corrected chi connectivity index (χ3v) is 3.92. The molecule has 1 saturated heterocycles. The van der Waals surface area contributed by atoms with Crippen LogP contribution in [0.2, 0.25) is 0 Å². The molecule has 10 nitrogen and oxygen atoms in total. The number of ether oxygens (including phenoxy) is 1. The molecule has 1 aromatic rings. The normalized spacial score (nSPS) is 27.2. The lowest BCUT2D eigenvalue weighted by Gasteiger charge is -2.30. The Morgan fingerprint density at radius 2 is 1.79 bits per heavy atom. The predicted octanol–water partition coefficient (Wildman–Crippen LogP) is -2.80. The first-order valence-electron chi connectivity index (χ1n) is 6.78. The first-order chi connectivity index (χ1) is 11.0. The van der Waals surface area contributed by atoms with Crippen LogP contribution in [0.25, 0.3) is 0 Å². The molecule has 1 aliphatic rings. The molecule has 0 unspecified atom stereocenters. The van der Waals surface area contributed by atoms with E-state index in [1.807, 2.05) is 0 Å². The van der Waals surface area contributed by atoms with Crippen LogP contribution in [0.1, 0.15) is 20.1 Å². The summed E-state index contributed by atoms with van der Waals surface area (Å²) in [5.74, 6) is -3.46. The number of nitrogens with one attached hydrogen (secondary N) is 1. The number of halogens is 1. The van der Waals surface area contributed by atoms with Crippen LogP contribution in [0.3, 0.4) is 0 Å². The van der Waals surface area contributed by atoms with E-state index in [1.54, 1.807) is 4.98 Å². The number of H-pyrrole nitrogens is 1. The van der Waals surface area contributed by atoms with Crippen LogP contribution in [0.15, 0.2) is 15.8 Å². The van der Waals surface area contributed by atoms with Crippen LogP contribution in [0.4, 0.5) is 4.39 Å². The summed E-state index contributed by atoms with van der Waals surface area (Å²) >= 11 is 0. The molecule has 0 bridgehead atoms. The van der Waals surface area contributed by atoms with Crippen LogP contribution in [-0.2, 0) is 14.3 Å². The van der Waals surface area contributed by atoms with Crippen molar-refractivity contribution in [1.82, 2.24) is 9.55 Å². The topological polar surface area (TPSA) is 159 Å². The van der Waals surface area contributed by atoms with Crippen molar-refractivity contribution in [3.63, 3.8) is 0 Å². The van der Waals surface area contributed by atoms with Crippen molar-refractivity contribution in [2.45, 2.75) is 44.0 Å². The second-order valence-electron chi connectivity index (χ2n) is 5.45. The van der Waals surface area contributed by atoms with Crippen LogP contribution in [0.5, 0.6) is 0 Å². The van der Waals surface area contributed by atoms with Gasteiger partial charge in [-0.1, -0.05) is 0 Å². The molecule has 0 amide bonds. The lowest BCUT2D eigenvalue weighted by Crippen LogP contribution is -2.58. The Kier molecular flexibility index (Phi) is 4.55. The van der Waals surface area contributed by atoms with E-state index in [0.29, 0.717) is 10.8 Å². The smallest absolute Gasteiger partial charge is 0.330 e. The first kappa shape index (κ1) is 18.1. The Labute approximate surface area is 133 Å². The number of carbonyl (C=O) groups excluding carboxylic acids is 2. The summed E-state index contributed by atoms with van der Waals surface area (Å²) < 4.78 is 18.9. The van der Waals surface area contributed by atoms with Gasteiger partial charge in [0.2, 0.25) is 11.4 Å². The minimum atomic E-state index is -2.76. The maximum Gasteiger partial charge on any atom is 0.330 e. The molecular weight excluding hydrogens is 331 g/mol. The van der Waals surface area contributed by atoms with Gasteiger partial charge in [-0.25, -0.2) is 4.79 Å². The van der Waals surface area contributed by atoms with Gasteiger partial charge in [-0.2, -0.15) is 4.39 Å². The van der Waals surface area contributed by atoms with E-state index in [-0.39, 0.29) is 0 Å². The minimum Gasteiger partial charge on any atom is -0.387 e. The summed E-state index contributed by atoms with van der Waals surface area (Å²) in [5.41, 5.74) is -5.23. The van der Waals surface area contributed by atoms with Gasteiger partial charge in [0, 0.05) is 0 Å². The van der Waals surface area contributed by atoms with E-state index in [1.165, 1.54) is 0 Å². The molecule has 24 heavy (non-hydrogen) atoms. The van der Waals surface area contributed by atoms with E-state index < -0.39 is 58.8 Å². The SMILES string of the molecule is CC(=O)C(O)(C(C)=O)[C@H]1O[C@@H](n2cc(F)c(=O)[nH]c2=O)[C@H](O)[C@@H]1O. The van der Waals surface area contributed by atoms with Gasteiger partial charge in [0.25, 0.3) is 5.56 Å². The van der Waals surface area contributed by atoms with Gasteiger partial charge in [0.15, 0.2) is 17.8 Å². The van der Waals surface area contributed by atoms with Crippen LogP contribution in [-0.4, -0.2) is 60.4 Å². The number of carbonyl (C=O) groups is 2. The maximum absolute atomic E-state index is 13.4. The Morgan fingerprint density at radius 3 is 2.29 bits per heavy atom. The quantitative estimate of drug-likeness (QED) is 0.426. The van der Waals surface area contributed by atoms with Crippen LogP contribution >= 0.6 is 0 Å². The molecule has 0 aliphatic carbocycles. The number of ketones is 2. The van der Waals surface area contributed by atoms with Crippen molar-refractivity contribution in [3.05, 3.63) is 32.9 Å². The molecule has 0 radical (unpaired) electrons. The fourth-order valence-electron chi connectivity index (χ4n) is 2.53. The van der Waals surface area contributed by atoms with Crippen molar-refractivity contribution < 1.29 is 34.0 Å². The highest BCUT2D eigenvalue weighted by Crippen LogP contribution is 2.35. The summed E-state index contributed by atoms with van der Waals surface area (Å²) in [7, 11) is 0. The van der Waals surface area contributed by atoms with Crippen LogP contribution < -0.4 is 11.2 Å². The van der Waals surface area contributed by atoms with E-state index in [9.17, 15) is 38.9 Å². The highest BCUT2D eigenvalue weighted by molar-refractivity contribution is 6.09. The third kappa shape index (κ3) is 2.60. The van der Waals surface area contributed by atoms with Gasteiger partial charge in [-0.05, 0) is 13.8 Å². The number of hydrogen-bond acceptors (Lipinski definition) is 8. The van der Waals surface area contributed by atoms with Gasteiger partial charge in [0.05, 0.1) is 6.20 Å². The summed E-state index contributed by atoms with van der Waals surface area (Å²) in [6, 6.07) is 0. The number of Topliss-reactive ketones (excluding diaryl/α,β-unsaturated/α-hetero) is 2. The standard InChI is InChI=1S/C13H15FN2O8/c1-4(17)13(23,5(2)18)9-7(19)8(20)11(24-9)16-3-6(14)10(21)15-12(16)22/h3,7-9,11,19-20,23H,1-2H3,(H,15,21,22)/t7-,8+,9-,11+/m0/s1. The maximum atomic E-state index is 13.4. The minimum absolute atomic E-state index is 0.435. The van der Waals surface area contributed by atoms with E-state index in [0.717, 1.165) is 13.8 Å². The molecule has 11 heteroatoms. The predicted molar refractivity (Wildman–Crippen MR) is 73.5 cm³/mol. The number of aromatic nitrogens is 2. The zero-order valence-corrected chi connectivity index (χ0v) is 12.6. The summed E-state index contributed by atoms with van der Waals surface area (Å²) in [5, 5.41) is 30.3. The van der Waals surface area contributed by atoms with Gasteiger partial charge < -0.3 is 20.1 Å². The molecule has 1 aliphatic heterocycles. The number of aliphatic hydroxyl groups is 3. The first-order valence-corrected chi connectivity index (χ1v) is 6.78. The number of nitrogens with zero attached hydrogens (tertiary/aromatic N) is 1. The van der Waals surface area contributed by atoms with E-state index in [4.69, 9.17) is 4.74 Å². The molecule has 132 valence electrons. The summed E-state index contributed by atoms with van der Waals surface area (Å²) in [6.07, 6.45) is -7.02. The fourth-order valence-corrected chi connectivity index (χ4v) is 2.53. The average Bonchev–Trinajstić information content (AvgIpc) is 2.78. The van der Waals surface area contributed by atoms with Gasteiger partial charge in [0.1, 0.15) is 18.3 Å². The lowest BCUT2D eigenvalue weighted by molar-refractivity contribution is -0.173. The fraction of sp³-hybridized carbons (Fsp3) is 0.538. The van der Waals surface area contributed by atoms with Crippen molar-refractivity contribution in [1.29, 1.82) is 0 Å². The number of rotatable bonds is 4. The Hall–Kier alpha value is -2.21. The lowest BCUT2D eigenvalue weighted by atomic mass is 9.85. The Balaban J connectivity index is 2.50. The molecule has 1 aromatic heterocycles. The largest absolute Gasteiger partial charge is 0.387 e. The molecule has 2 heterocycles. The second kappa shape index (κ2) is 6.02. The summed E-state index contributed by atoms with van der Waals surface area (Å²) in [4.78, 5) is 47.7. The Morgan fingerprint density at radius 1 is 1.25 bits per heavy atom. The molecule has 0 spiro atoms. The second-order valence-corrected chi connectivity index (χ2v) is 5.45. The van der Waals surface area contributed by atoms with Gasteiger partial charge in [-0.3, -0.25) is 23.9 Å². The molecule has 4 N–H and O–H groups in total. The molecule has 2 rings (SSSR count). The average molecular weight is 346 g/mol. The van der Waals surface area contributed by atoms with Gasteiger partial charge >= 0.3 is 5.69 Å². The molecule has 0 saturated carbocycles. The molecule has 4 atom stereocenters. The molecule has 0 aromatic carbocycles. The van der Waals surface area contributed by atoms with E-state index >= 15 is 0 Å². The molecular formula is C13H15FN2O8. The number of aromatic amines is 1. The highest BCUT2D eigenvalue weighted by atomic mass is 19.1. The van der Waals surface area contributed by atoms with Crippen molar-refractivity contribution in [3.8, 4) is 0 Å². The zero-order valence-electron chi connectivity index (χ0n) is 12.6. The van der Waals surface area contributed by atoms with Gasteiger partial charge in [-0.15, -0.1) is 0 Å². The van der Waals surface area contributed by atoms with Crippen molar-refractivity contribution >= 4 is 11.6 Å². The monoisotopic (exact) mass is 346 g/mol. The van der Waals surface area contributed by atoms with Crippen LogP contribution in [0, 0.1) is 5.82 Å². The Bertz CT molecular complexity index is 786. The highest BCUT2D eigenvalue weighted by Gasteiger charge is 2.58. The van der Waals surface area contributed by atoms with Crippen molar-refractivity contribution in [2.75, 3.05) is 0 Å². The van der Waals surface area contributed by atoms with Crippen molar-refractivity contribution in [2.24, 2.45) is 0 Å².